The summed E-state index contributed by atoms with van der Waals surface area (Å²) in [7, 11) is 1.64. The van der Waals surface area contributed by atoms with Crippen molar-refractivity contribution in [3.05, 3.63) is 65.1 Å². The van der Waals surface area contributed by atoms with Gasteiger partial charge in [0.2, 0.25) is 5.88 Å². The highest BCUT2D eigenvalue weighted by Gasteiger charge is 2.07. The van der Waals surface area contributed by atoms with Gasteiger partial charge in [-0.2, -0.15) is 4.98 Å². The van der Waals surface area contributed by atoms with E-state index in [4.69, 9.17) is 21.1 Å². The molecule has 0 saturated carbocycles. The molecule has 5 heteroatoms. The van der Waals surface area contributed by atoms with Gasteiger partial charge in [-0.3, -0.25) is 0 Å². The van der Waals surface area contributed by atoms with Crippen molar-refractivity contribution >= 4 is 17.2 Å². The Morgan fingerprint density at radius 1 is 1.15 bits per heavy atom. The number of hydrogen-bond acceptors (Lipinski definition) is 4. The molecule has 0 aliphatic rings. The number of allylic oxidation sites excluding steroid dienone is 4. The monoisotopic (exact) mass is 374 g/mol. The minimum absolute atomic E-state index is 0.356. The Bertz CT molecular complexity index is 725. The lowest BCUT2D eigenvalue weighted by Crippen LogP contribution is -2.01. The summed E-state index contributed by atoms with van der Waals surface area (Å²) in [5.41, 5.74) is 1.93. The molecule has 0 aliphatic carbocycles. The minimum atomic E-state index is 0.356. The van der Waals surface area contributed by atoms with Crippen molar-refractivity contribution in [1.82, 2.24) is 9.97 Å². The van der Waals surface area contributed by atoms with E-state index >= 15 is 0 Å². The second-order valence-corrected chi connectivity index (χ2v) is 5.43. The third-order valence-corrected chi connectivity index (χ3v) is 3.51. The summed E-state index contributed by atoms with van der Waals surface area (Å²) < 4.78 is 10.9. The Morgan fingerprint density at radius 2 is 1.85 bits per heavy atom. The van der Waals surface area contributed by atoms with Gasteiger partial charge < -0.3 is 9.47 Å². The molecule has 0 N–H and O–H groups in total. The molecule has 1 heterocycles. The first-order valence-corrected chi connectivity index (χ1v) is 9.17. The lowest BCUT2D eigenvalue weighted by molar-refractivity contribution is 0.293. The lowest BCUT2D eigenvalue weighted by atomic mass is 10.2. The van der Waals surface area contributed by atoms with E-state index in [-0.39, 0.29) is 0 Å². The predicted molar refractivity (Wildman–Crippen MR) is 109 cm³/mol. The van der Waals surface area contributed by atoms with Gasteiger partial charge in [-0.1, -0.05) is 62.7 Å². The van der Waals surface area contributed by atoms with Crippen LogP contribution in [0.4, 0.5) is 0 Å². The van der Waals surface area contributed by atoms with Gasteiger partial charge in [-0.25, -0.2) is 4.98 Å². The second-order valence-electron chi connectivity index (χ2n) is 5.04. The maximum absolute atomic E-state index is 6.11. The zero-order valence-electron chi connectivity index (χ0n) is 16.1. The van der Waals surface area contributed by atoms with Gasteiger partial charge >= 0.3 is 0 Å². The van der Waals surface area contributed by atoms with Crippen LogP contribution >= 0.6 is 11.6 Å². The molecule has 1 aromatic heterocycles. The first-order chi connectivity index (χ1) is 12.7. The van der Waals surface area contributed by atoms with Gasteiger partial charge in [0.15, 0.2) is 5.82 Å². The molecule has 0 aliphatic heterocycles. The topological polar surface area (TPSA) is 44.2 Å². The maximum atomic E-state index is 6.11. The van der Waals surface area contributed by atoms with Crippen LogP contribution in [0.2, 0.25) is 5.15 Å². The van der Waals surface area contributed by atoms with Crippen LogP contribution in [0.15, 0.2) is 48.6 Å². The predicted octanol–water partition coefficient (Wildman–Crippen LogP) is 6.11. The Hall–Kier alpha value is -2.33. The minimum Gasteiger partial charge on any atom is -0.497 e. The summed E-state index contributed by atoms with van der Waals surface area (Å²) in [6.45, 7) is 8.41. The van der Waals surface area contributed by atoms with Gasteiger partial charge in [0.05, 0.1) is 7.11 Å². The van der Waals surface area contributed by atoms with E-state index in [0.29, 0.717) is 23.5 Å². The third kappa shape index (κ3) is 6.89. The second kappa shape index (κ2) is 12.1. The summed E-state index contributed by atoms with van der Waals surface area (Å²) >= 11 is 6.11. The van der Waals surface area contributed by atoms with E-state index in [1.807, 2.05) is 57.2 Å². The van der Waals surface area contributed by atoms with E-state index in [1.165, 1.54) is 0 Å². The fourth-order valence-electron chi connectivity index (χ4n) is 2.02. The molecule has 2 aromatic rings. The largest absolute Gasteiger partial charge is 0.497 e. The summed E-state index contributed by atoms with van der Waals surface area (Å²) in [6, 6.07) is 9.30. The van der Waals surface area contributed by atoms with Crippen molar-refractivity contribution in [3.63, 3.8) is 0 Å². The number of ether oxygens (including phenoxy) is 2. The summed E-state index contributed by atoms with van der Waals surface area (Å²) in [4.78, 5) is 8.72. The summed E-state index contributed by atoms with van der Waals surface area (Å²) in [5.74, 6) is 1.82. The van der Waals surface area contributed by atoms with Gasteiger partial charge in [-0.15, -0.1) is 0 Å². The Labute approximate surface area is 161 Å². The smallest absolute Gasteiger partial charge is 0.218 e. The molecule has 0 radical (unpaired) electrons. The van der Waals surface area contributed by atoms with E-state index < -0.39 is 0 Å². The average molecular weight is 375 g/mol. The molecule has 4 nitrogen and oxygen atoms in total. The van der Waals surface area contributed by atoms with Gasteiger partial charge in [0.25, 0.3) is 0 Å². The highest BCUT2D eigenvalue weighted by atomic mass is 35.5. The molecule has 2 rings (SSSR count). The van der Waals surface area contributed by atoms with E-state index in [1.54, 1.807) is 13.2 Å². The first kappa shape index (κ1) is 21.7. The highest BCUT2D eigenvalue weighted by Crippen LogP contribution is 2.21. The molecule has 1 aromatic carbocycles. The SMILES string of the molecule is C/C=C(\C=C/CC)c1nc(Cl)cc(OCc2ccc(OC)cc2)n1.CC. The molecule has 26 heavy (non-hydrogen) atoms. The van der Waals surface area contributed by atoms with Crippen LogP contribution in [0.1, 0.15) is 45.5 Å². The third-order valence-electron chi connectivity index (χ3n) is 3.32. The number of aromatic nitrogens is 2. The number of nitrogens with zero attached hydrogens (tertiary/aromatic N) is 2. The van der Waals surface area contributed by atoms with Crippen LogP contribution in [0.25, 0.3) is 5.57 Å². The van der Waals surface area contributed by atoms with Gasteiger partial charge in [-0.05, 0) is 31.0 Å². The molecular weight excluding hydrogens is 348 g/mol. The summed E-state index contributed by atoms with van der Waals surface area (Å²) in [5, 5.41) is 0.356. The van der Waals surface area contributed by atoms with E-state index in [2.05, 4.69) is 23.0 Å². The maximum Gasteiger partial charge on any atom is 0.218 e. The van der Waals surface area contributed by atoms with Crippen molar-refractivity contribution in [2.75, 3.05) is 7.11 Å². The molecular formula is C21H27ClN2O2. The van der Waals surface area contributed by atoms with Crippen LogP contribution in [0, 0.1) is 0 Å². The van der Waals surface area contributed by atoms with Crippen LogP contribution in [0.5, 0.6) is 11.6 Å². The fraction of sp³-hybridized carbons (Fsp3) is 0.333. The van der Waals surface area contributed by atoms with Gasteiger partial charge in [0, 0.05) is 11.6 Å². The molecule has 0 unspecified atom stereocenters. The fourth-order valence-corrected chi connectivity index (χ4v) is 2.20. The van der Waals surface area contributed by atoms with Crippen molar-refractivity contribution in [3.8, 4) is 11.6 Å². The van der Waals surface area contributed by atoms with Crippen LogP contribution in [0.3, 0.4) is 0 Å². The van der Waals surface area contributed by atoms with Crippen LogP contribution in [-0.4, -0.2) is 17.1 Å². The zero-order chi connectivity index (χ0) is 19.4. The van der Waals surface area contributed by atoms with Gasteiger partial charge in [0.1, 0.15) is 17.5 Å². The van der Waals surface area contributed by atoms with E-state index in [0.717, 1.165) is 23.3 Å². The van der Waals surface area contributed by atoms with Crippen LogP contribution in [-0.2, 0) is 6.61 Å². The number of hydrogen-bond donors (Lipinski definition) is 0. The lowest BCUT2D eigenvalue weighted by Gasteiger charge is -2.08. The molecule has 0 saturated heterocycles. The molecule has 140 valence electrons. The first-order valence-electron chi connectivity index (χ1n) is 8.79. The van der Waals surface area contributed by atoms with E-state index in [9.17, 15) is 0 Å². The molecule has 0 spiro atoms. The van der Waals surface area contributed by atoms with Crippen molar-refractivity contribution in [1.29, 1.82) is 0 Å². The number of rotatable bonds is 7. The zero-order valence-corrected chi connectivity index (χ0v) is 16.9. The Balaban J connectivity index is 0.00000163. The number of halogens is 1. The van der Waals surface area contributed by atoms with Crippen LogP contribution < -0.4 is 9.47 Å². The van der Waals surface area contributed by atoms with Crippen molar-refractivity contribution in [2.24, 2.45) is 0 Å². The molecule has 0 fully saturated rings. The molecule has 0 bridgehead atoms. The normalized spacial score (nSPS) is 11.1. The Kier molecular flexibility index (Phi) is 10.1. The highest BCUT2D eigenvalue weighted by molar-refractivity contribution is 6.29. The van der Waals surface area contributed by atoms with Crippen molar-refractivity contribution < 1.29 is 9.47 Å². The van der Waals surface area contributed by atoms with Crippen molar-refractivity contribution in [2.45, 2.75) is 40.7 Å². The average Bonchev–Trinajstić information content (AvgIpc) is 2.68. The summed E-state index contributed by atoms with van der Waals surface area (Å²) in [6.07, 6.45) is 6.93. The molecule has 0 atom stereocenters. The Morgan fingerprint density at radius 3 is 2.42 bits per heavy atom. The quantitative estimate of drug-likeness (QED) is 0.433. The molecule has 0 amide bonds. The number of methoxy groups -OCH3 is 1. The number of benzene rings is 1. The standard InChI is InChI=1S/C19H21ClN2O2.C2H6/c1-4-6-7-15(5-2)19-21-17(20)12-18(22-19)24-13-14-8-10-16(23-3)11-9-14;1-2/h5-12H,4,13H2,1-3H3;1-2H3/b7-6-,15-5+;.